The van der Waals surface area contributed by atoms with Gasteiger partial charge in [-0.1, -0.05) is 11.6 Å². The number of benzene rings is 1. The van der Waals surface area contributed by atoms with Crippen molar-refractivity contribution in [3.63, 3.8) is 0 Å². The van der Waals surface area contributed by atoms with Gasteiger partial charge >= 0.3 is 0 Å². The SMILES string of the molecule is Cn1cc(C2SCC(=O)Nc3c2cnn3-c2cc(F)ccc2Cl)cn1. The molecule has 0 fully saturated rings. The van der Waals surface area contributed by atoms with E-state index in [1.807, 2.05) is 13.2 Å². The molecule has 4 rings (SSSR count). The van der Waals surface area contributed by atoms with Crippen LogP contribution < -0.4 is 5.32 Å². The van der Waals surface area contributed by atoms with Gasteiger partial charge in [0.1, 0.15) is 11.6 Å². The summed E-state index contributed by atoms with van der Waals surface area (Å²) < 4.78 is 16.8. The molecule has 1 aliphatic heterocycles. The number of thioether (sulfide) groups is 1. The number of amides is 1. The van der Waals surface area contributed by atoms with Gasteiger partial charge in [0, 0.05) is 30.4 Å². The molecule has 0 saturated heterocycles. The molecule has 0 bridgehead atoms. The summed E-state index contributed by atoms with van der Waals surface area (Å²) in [5, 5.41) is 11.6. The van der Waals surface area contributed by atoms with Gasteiger partial charge in [-0.3, -0.25) is 9.48 Å². The first kappa shape index (κ1) is 16.2. The summed E-state index contributed by atoms with van der Waals surface area (Å²) >= 11 is 7.70. The Morgan fingerprint density at radius 3 is 2.96 bits per heavy atom. The van der Waals surface area contributed by atoms with Crippen molar-refractivity contribution in [2.75, 3.05) is 11.1 Å². The van der Waals surface area contributed by atoms with Crippen LogP contribution in [0.2, 0.25) is 5.02 Å². The molecule has 2 aromatic heterocycles. The van der Waals surface area contributed by atoms with Crippen LogP contribution in [0.15, 0.2) is 36.8 Å². The average molecular weight is 378 g/mol. The molecule has 25 heavy (non-hydrogen) atoms. The Kier molecular flexibility index (Phi) is 4.01. The fourth-order valence-corrected chi connectivity index (χ4v) is 4.03. The van der Waals surface area contributed by atoms with E-state index in [-0.39, 0.29) is 11.2 Å². The smallest absolute Gasteiger partial charge is 0.235 e. The maximum absolute atomic E-state index is 13.7. The number of hydrogen-bond donors (Lipinski definition) is 1. The lowest BCUT2D eigenvalue weighted by Crippen LogP contribution is -2.16. The highest BCUT2D eigenvalue weighted by Crippen LogP contribution is 2.42. The number of carbonyl (C=O) groups excluding carboxylic acids is 1. The zero-order valence-electron chi connectivity index (χ0n) is 13.1. The van der Waals surface area contributed by atoms with E-state index in [4.69, 9.17) is 11.6 Å². The van der Waals surface area contributed by atoms with Gasteiger partial charge in [0.25, 0.3) is 0 Å². The zero-order valence-corrected chi connectivity index (χ0v) is 14.7. The number of halogens is 2. The molecule has 0 saturated carbocycles. The molecule has 3 heterocycles. The molecule has 128 valence electrons. The van der Waals surface area contributed by atoms with Crippen LogP contribution in [0.3, 0.4) is 0 Å². The van der Waals surface area contributed by atoms with Crippen molar-refractivity contribution in [1.29, 1.82) is 0 Å². The lowest BCUT2D eigenvalue weighted by molar-refractivity contribution is -0.113. The summed E-state index contributed by atoms with van der Waals surface area (Å²) in [4.78, 5) is 12.2. The van der Waals surface area contributed by atoms with Crippen molar-refractivity contribution in [3.8, 4) is 5.69 Å². The van der Waals surface area contributed by atoms with Gasteiger partial charge in [-0.2, -0.15) is 10.2 Å². The van der Waals surface area contributed by atoms with Crippen molar-refractivity contribution in [3.05, 3.63) is 58.8 Å². The maximum atomic E-state index is 13.7. The highest BCUT2D eigenvalue weighted by molar-refractivity contribution is 8.00. The number of rotatable bonds is 2. The van der Waals surface area contributed by atoms with Gasteiger partial charge in [0.2, 0.25) is 5.91 Å². The summed E-state index contributed by atoms with van der Waals surface area (Å²) in [7, 11) is 1.84. The summed E-state index contributed by atoms with van der Waals surface area (Å²) in [6, 6.07) is 4.03. The van der Waals surface area contributed by atoms with Crippen LogP contribution in [-0.2, 0) is 11.8 Å². The number of carbonyl (C=O) groups is 1. The van der Waals surface area contributed by atoms with Gasteiger partial charge in [0.05, 0.1) is 34.1 Å². The van der Waals surface area contributed by atoms with E-state index >= 15 is 0 Å². The summed E-state index contributed by atoms with van der Waals surface area (Å²) in [5.41, 5.74) is 2.17. The van der Waals surface area contributed by atoms with Crippen molar-refractivity contribution >= 4 is 35.1 Å². The monoisotopic (exact) mass is 377 g/mol. The minimum atomic E-state index is -0.429. The molecule has 1 aromatic carbocycles. The van der Waals surface area contributed by atoms with E-state index in [0.29, 0.717) is 22.3 Å². The predicted molar refractivity (Wildman–Crippen MR) is 94.7 cm³/mol. The van der Waals surface area contributed by atoms with Gasteiger partial charge in [0.15, 0.2) is 0 Å². The van der Waals surface area contributed by atoms with E-state index in [0.717, 1.165) is 11.1 Å². The Morgan fingerprint density at radius 1 is 1.36 bits per heavy atom. The largest absolute Gasteiger partial charge is 0.310 e. The van der Waals surface area contributed by atoms with Gasteiger partial charge in [-0.05, 0) is 12.1 Å². The first-order chi connectivity index (χ1) is 12.0. The quantitative estimate of drug-likeness (QED) is 0.745. The molecule has 6 nitrogen and oxygen atoms in total. The predicted octanol–water partition coefficient (Wildman–Crippen LogP) is 3.17. The number of aryl methyl sites for hydroxylation is 1. The molecule has 1 atom stereocenters. The zero-order chi connectivity index (χ0) is 17.6. The van der Waals surface area contributed by atoms with Crippen LogP contribution in [-0.4, -0.2) is 31.2 Å². The highest BCUT2D eigenvalue weighted by Gasteiger charge is 2.29. The third-order valence-electron chi connectivity index (χ3n) is 3.88. The summed E-state index contributed by atoms with van der Waals surface area (Å²) in [6.45, 7) is 0. The van der Waals surface area contributed by atoms with E-state index in [1.54, 1.807) is 17.1 Å². The van der Waals surface area contributed by atoms with Crippen LogP contribution in [0.4, 0.5) is 10.2 Å². The summed E-state index contributed by atoms with van der Waals surface area (Å²) in [5.74, 6) is 0.218. The minimum absolute atomic E-state index is 0.108. The van der Waals surface area contributed by atoms with Crippen LogP contribution in [0.1, 0.15) is 16.4 Å². The van der Waals surface area contributed by atoms with E-state index in [2.05, 4.69) is 15.5 Å². The third kappa shape index (κ3) is 2.91. The van der Waals surface area contributed by atoms with Crippen LogP contribution in [0.25, 0.3) is 5.69 Å². The molecular weight excluding hydrogens is 365 g/mol. The summed E-state index contributed by atoms with van der Waals surface area (Å²) in [6.07, 6.45) is 5.35. The fraction of sp³-hybridized carbons (Fsp3) is 0.188. The Labute approximate surface area is 152 Å². The third-order valence-corrected chi connectivity index (χ3v) is 5.49. The lowest BCUT2D eigenvalue weighted by Gasteiger charge is -2.12. The molecule has 1 N–H and O–H groups in total. The number of nitrogens with one attached hydrogen (secondary N) is 1. The van der Waals surface area contributed by atoms with Crippen molar-refractivity contribution < 1.29 is 9.18 Å². The Hall–Kier alpha value is -2.32. The maximum Gasteiger partial charge on any atom is 0.235 e. The molecule has 9 heteroatoms. The minimum Gasteiger partial charge on any atom is -0.310 e. The van der Waals surface area contributed by atoms with Gasteiger partial charge < -0.3 is 5.32 Å². The van der Waals surface area contributed by atoms with Crippen LogP contribution >= 0.6 is 23.4 Å². The molecule has 1 unspecified atom stereocenters. The molecule has 3 aromatic rings. The Morgan fingerprint density at radius 2 is 2.20 bits per heavy atom. The van der Waals surface area contributed by atoms with Crippen molar-refractivity contribution in [2.24, 2.45) is 7.05 Å². The number of nitrogens with zero attached hydrogens (tertiary/aromatic N) is 4. The molecule has 1 amide bonds. The van der Waals surface area contributed by atoms with Crippen molar-refractivity contribution in [2.45, 2.75) is 5.25 Å². The van der Waals surface area contributed by atoms with E-state index in [1.165, 1.54) is 34.6 Å². The molecule has 0 radical (unpaired) electrons. The second-order valence-electron chi connectivity index (χ2n) is 5.64. The normalized spacial score (nSPS) is 17.1. The molecular formula is C16H13ClFN5OS. The van der Waals surface area contributed by atoms with Crippen molar-refractivity contribution in [1.82, 2.24) is 19.6 Å². The second-order valence-corrected chi connectivity index (χ2v) is 7.14. The standard InChI is InChI=1S/C16H13ClFN5OS/c1-22-7-9(5-19-22)15-11-6-20-23(16(11)21-14(24)8-25-15)13-4-10(18)2-3-12(13)17/h2-7,15H,8H2,1H3,(H,21,24). The van der Waals surface area contributed by atoms with Crippen LogP contribution in [0, 0.1) is 5.82 Å². The Balaban J connectivity index is 1.87. The first-order valence-electron chi connectivity index (χ1n) is 7.46. The van der Waals surface area contributed by atoms with Crippen LogP contribution in [0.5, 0.6) is 0 Å². The number of hydrogen-bond acceptors (Lipinski definition) is 4. The first-order valence-corrected chi connectivity index (χ1v) is 8.89. The highest BCUT2D eigenvalue weighted by atomic mass is 35.5. The number of aromatic nitrogens is 4. The fourth-order valence-electron chi connectivity index (χ4n) is 2.78. The van der Waals surface area contributed by atoms with E-state index in [9.17, 15) is 9.18 Å². The number of fused-ring (bicyclic) bond motifs is 1. The molecule has 1 aliphatic rings. The van der Waals surface area contributed by atoms with E-state index < -0.39 is 5.82 Å². The average Bonchev–Trinajstić information content (AvgIpc) is 3.14. The molecule has 0 spiro atoms. The van der Waals surface area contributed by atoms with Gasteiger partial charge in [-0.25, -0.2) is 9.07 Å². The number of anilines is 1. The lowest BCUT2D eigenvalue weighted by atomic mass is 10.1. The molecule has 0 aliphatic carbocycles. The second kappa shape index (κ2) is 6.20. The van der Waals surface area contributed by atoms with Gasteiger partial charge in [-0.15, -0.1) is 11.8 Å². The topological polar surface area (TPSA) is 64.7 Å². The Bertz CT molecular complexity index is 969.